The first kappa shape index (κ1) is 9.31. The molecular formula is C8H10N2O3. The number of carbonyl (C=O) groups is 1. The van der Waals surface area contributed by atoms with Crippen molar-refractivity contribution >= 4 is 5.91 Å². The van der Waals surface area contributed by atoms with Crippen molar-refractivity contribution in [1.29, 1.82) is 0 Å². The van der Waals surface area contributed by atoms with Gasteiger partial charge in [-0.1, -0.05) is 0 Å². The van der Waals surface area contributed by atoms with Gasteiger partial charge in [0.05, 0.1) is 0 Å². The van der Waals surface area contributed by atoms with Crippen molar-refractivity contribution in [3.8, 4) is 5.75 Å². The molecule has 0 aliphatic rings. The summed E-state index contributed by atoms with van der Waals surface area (Å²) in [6.07, 6.45) is 1.50. The molecule has 0 radical (unpaired) electrons. The van der Waals surface area contributed by atoms with Gasteiger partial charge in [-0.25, -0.2) is 0 Å². The maximum absolute atomic E-state index is 11.0. The van der Waals surface area contributed by atoms with Gasteiger partial charge in [-0.05, 0) is 12.1 Å². The highest BCUT2D eigenvalue weighted by molar-refractivity contribution is 5.77. The predicted molar refractivity (Wildman–Crippen MR) is 46.6 cm³/mol. The van der Waals surface area contributed by atoms with Crippen LogP contribution in [0.5, 0.6) is 5.75 Å². The number of pyridine rings is 1. The summed E-state index contributed by atoms with van der Waals surface area (Å²) in [6, 6.07) is 3.13. The Bertz CT molecular complexity index is 345. The van der Waals surface area contributed by atoms with Crippen molar-refractivity contribution in [3.05, 3.63) is 28.7 Å². The lowest BCUT2D eigenvalue weighted by atomic mass is 10.4. The molecule has 0 unspecified atom stereocenters. The topological polar surface area (TPSA) is 71.2 Å². The molecule has 0 bridgehead atoms. The first-order valence-corrected chi connectivity index (χ1v) is 3.75. The molecule has 5 nitrogen and oxygen atoms in total. The Morgan fingerprint density at radius 2 is 2.46 bits per heavy atom. The Kier molecular flexibility index (Phi) is 3.08. The number of aromatic amines is 1. The van der Waals surface area contributed by atoms with Crippen LogP contribution >= 0.6 is 0 Å². The van der Waals surface area contributed by atoms with Crippen molar-refractivity contribution in [1.82, 2.24) is 10.3 Å². The highest BCUT2D eigenvalue weighted by Crippen LogP contribution is 1.98. The van der Waals surface area contributed by atoms with Gasteiger partial charge in [0.25, 0.3) is 11.5 Å². The molecule has 0 aliphatic heterocycles. The number of aromatic nitrogens is 1. The summed E-state index contributed by atoms with van der Waals surface area (Å²) in [4.78, 5) is 24.2. The van der Waals surface area contributed by atoms with Crippen LogP contribution in [0.2, 0.25) is 0 Å². The van der Waals surface area contributed by atoms with E-state index in [0.717, 1.165) is 0 Å². The fraction of sp³-hybridized carbons (Fsp3) is 0.250. The van der Waals surface area contributed by atoms with Gasteiger partial charge in [-0.2, -0.15) is 0 Å². The Balaban J connectivity index is 2.60. The van der Waals surface area contributed by atoms with Gasteiger partial charge < -0.3 is 15.0 Å². The maximum atomic E-state index is 11.0. The highest BCUT2D eigenvalue weighted by atomic mass is 16.5. The minimum Gasteiger partial charge on any atom is -0.478 e. The number of hydrogen-bond donors (Lipinski definition) is 2. The number of hydrogen-bond acceptors (Lipinski definition) is 3. The van der Waals surface area contributed by atoms with Gasteiger partial charge in [-0.15, -0.1) is 0 Å². The van der Waals surface area contributed by atoms with Crippen LogP contribution in [0.15, 0.2) is 23.1 Å². The Labute approximate surface area is 74.7 Å². The largest absolute Gasteiger partial charge is 0.478 e. The molecule has 1 aromatic heterocycles. The maximum Gasteiger partial charge on any atom is 0.290 e. The smallest absolute Gasteiger partial charge is 0.290 e. The molecule has 13 heavy (non-hydrogen) atoms. The molecule has 1 heterocycles. The van der Waals surface area contributed by atoms with E-state index < -0.39 is 0 Å². The lowest BCUT2D eigenvalue weighted by Crippen LogP contribution is -2.26. The third-order valence-corrected chi connectivity index (χ3v) is 1.42. The minimum atomic E-state index is -0.341. The Morgan fingerprint density at radius 1 is 1.69 bits per heavy atom. The van der Waals surface area contributed by atoms with Crippen LogP contribution in [0, 0.1) is 0 Å². The molecule has 0 fully saturated rings. The summed E-state index contributed by atoms with van der Waals surface area (Å²) in [5, 5.41) is 2.38. The molecule has 1 rings (SSSR count). The molecule has 5 heteroatoms. The van der Waals surface area contributed by atoms with Crippen molar-refractivity contribution in [2.24, 2.45) is 0 Å². The van der Waals surface area contributed by atoms with Crippen LogP contribution in [-0.2, 0) is 4.79 Å². The number of H-pyrrole nitrogens is 1. The standard InChI is InChI=1S/C8H10N2O3/c1-9-7(11)5-13-6-3-2-4-10-8(6)12/h2-4H,5H2,1H3,(H,9,11)(H,10,12). The average molecular weight is 182 g/mol. The summed E-state index contributed by atoms with van der Waals surface area (Å²) >= 11 is 0. The first-order chi connectivity index (χ1) is 6.24. The van der Waals surface area contributed by atoms with Crippen molar-refractivity contribution < 1.29 is 9.53 Å². The van der Waals surface area contributed by atoms with Gasteiger partial charge in [0, 0.05) is 13.2 Å². The zero-order valence-electron chi connectivity index (χ0n) is 7.16. The Morgan fingerprint density at radius 3 is 3.08 bits per heavy atom. The fourth-order valence-electron chi connectivity index (χ4n) is 0.735. The number of ether oxygens (including phenoxy) is 1. The van der Waals surface area contributed by atoms with E-state index in [1.807, 2.05) is 0 Å². The van der Waals surface area contributed by atoms with E-state index >= 15 is 0 Å². The van der Waals surface area contributed by atoms with Crippen molar-refractivity contribution in [2.75, 3.05) is 13.7 Å². The fourth-order valence-corrected chi connectivity index (χ4v) is 0.735. The van der Waals surface area contributed by atoms with Crippen LogP contribution in [0.25, 0.3) is 0 Å². The molecule has 2 N–H and O–H groups in total. The molecule has 0 atom stereocenters. The molecule has 0 spiro atoms. The van der Waals surface area contributed by atoms with Crippen LogP contribution in [0.4, 0.5) is 0 Å². The average Bonchev–Trinajstić information content (AvgIpc) is 2.16. The molecule has 0 aliphatic carbocycles. The molecule has 0 aromatic carbocycles. The molecule has 1 aromatic rings. The third-order valence-electron chi connectivity index (χ3n) is 1.42. The second kappa shape index (κ2) is 4.30. The number of nitrogens with one attached hydrogen (secondary N) is 2. The lowest BCUT2D eigenvalue weighted by molar-refractivity contribution is -0.122. The molecule has 0 saturated heterocycles. The predicted octanol–water partition coefficient (Wildman–Crippen LogP) is -0.500. The number of rotatable bonds is 3. The summed E-state index contributed by atoms with van der Waals surface area (Å²) in [5.74, 6) is -0.130. The zero-order chi connectivity index (χ0) is 9.68. The molecule has 0 saturated carbocycles. The number of likely N-dealkylation sites (N-methyl/N-ethyl adjacent to an activating group) is 1. The van der Waals surface area contributed by atoms with Gasteiger partial charge in [-0.3, -0.25) is 9.59 Å². The normalized spacial score (nSPS) is 9.31. The second-order valence-corrected chi connectivity index (χ2v) is 2.33. The summed E-state index contributed by atoms with van der Waals surface area (Å²) in [7, 11) is 1.50. The second-order valence-electron chi connectivity index (χ2n) is 2.33. The van der Waals surface area contributed by atoms with Crippen molar-refractivity contribution in [3.63, 3.8) is 0 Å². The van der Waals surface area contributed by atoms with E-state index in [1.165, 1.54) is 19.3 Å². The zero-order valence-corrected chi connectivity index (χ0v) is 7.16. The summed E-state index contributed by atoms with van der Waals surface area (Å²) < 4.78 is 4.93. The van der Waals surface area contributed by atoms with Gasteiger partial charge in [0.2, 0.25) is 0 Å². The highest BCUT2D eigenvalue weighted by Gasteiger charge is 2.01. The number of amides is 1. The number of carbonyl (C=O) groups excluding carboxylic acids is 1. The SMILES string of the molecule is CNC(=O)COc1ccc[nH]c1=O. The summed E-state index contributed by atoms with van der Waals surface area (Å²) in [5.41, 5.74) is -0.341. The van der Waals surface area contributed by atoms with Crippen LogP contribution in [0.3, 0.4) is 0 Å². The van der Waals surface area contributed by atoms with E-state index in [9.17, 15) is 9.59 Å². The van der Waals surface area contributed by atoms with E-state index in [1.54, 1.807) is 6.07 Å². The van der Waals surface area contributed by atoms with Crippen LogP contribution < -0.4 is 15.6 Å². The van der Waals surface area contributed by atoms with Crippen LogP contribution in [0.1, 0.15) is 0 Å². The van der Waals surface area contributed by atoms with Gasteiger partial charge >= 0.3 is 0 Å². The lowest BCUT2D eigenvalue weighted by Gasteiger charge is -2.02. The quantitative estimate of drug-likeness (QED) is 0.662. The van der Waals surface area contributed by atoms with Crippen LogP contribution in [-0.4, -0.2) is 24.5 Å². The van der Waals surface area contributed by atoms with E-state index in [0.29, 0.717) is 0 Å². The first-order valence-electron chi connectivity index (χ1n) is 3.75. The van der Waals surface area contributed by atoms with Gasteiger partial charge in [0.15, 0.2) is 12.4 Å². The summed E-state index contributed by atoms with van der Waals surface area (Å²) in [6.45, 7) is -0.149. The molecular weight excluding hydrogens is 172 g/mol. The van der Waals surface area contributed by atoms with E-state index in [-0.39, 0.29) is 23.8 Å². The van der Waals surface area contributed by atoms with Crippen molar-refractivity contribution in [2.45, 2.75) is 0 Å². The minimum absolute atomic E-state index is 0.145. The monoisotopic (exact) mass is 182 g/mol. The third kappa shape index (κ3) is 2.62. The molecule has 1 amide bonds. The van der Waals surface area contributed by atoms with Gasteiger partial charge in [0.1, 0.15) is 0 Å². The molecule has 70 valence electrons. The van der Waals surface area contributed by atoms with E-state index in [2.05, 4.69) is 10.3 Å². The Hall–Kier alpha value is -1.78. The van der Waals surface area contributed by atoms with E-state index in [4.69, 9.17) is 4.74 Å².